The molecule has 1 aromatic rings. The molecule has 0 saturated carbocycles. The quantitative estimate of drug-likeness (QED) is 0.689. The largest absolute Gasteiger partial charge is 0.310 e. The van der Waals surface area contributed by atoms with Gasteiger partial charge in [0.15, 0.2) is 5.03 Å². The van der Waals surface area contributed by atoms with E-state index in [1.165, 1.54) is 0 Å². The molecule has 0 aliphatic rings. The summed E-state index contributed by atoms with van der Waals surface area (Å²) in [7, 11) is -3.51. The van der Waals surface area contributed by atoms with Crippen LogP contribution >= 0.6 is 0 Å². The molecule has 7 heteroatoms. The molecule has 0 radical (unpaired) electrons. The molecule has 18 heavy (non-hydrogen) atoms. The highest BCUT2D eigenvalue weighted by Gasteiger charge is 2.22. The van der Waals surface area contributed by atoms with Crippen molar-refractivity contribution < 1.29 is 8.42 Å². The van der Waals surface area contributed by atoms with E-state index in [2.05, 4.69) is 20.2 Å². The maximum Gasteiger partial charge on any atom is 0.260 e. The van der Waals surface area contributed by atoms with Crippen molar-refractivity contribution in [2.45, 2.75) is 51.7 Å². The molecular weight excluding hydrogens is 252 g/mol. The molecule has 0 fully saturated rings. The van der Waals surface area contributed by atoms with Gasteiger partial charge in [-0.05, 0) is 13.3 Å². The van der Waals surface area contributed by atoms with Crippen LogP contribution in [0.15, 0.2) is 5.03 Å². The standard InChI is InChI=1S/C11H22N4O2S/c1-5-6-13-18(16,17)11-10(7-12-8(2)3)9(4)14-15-11/h8,12-13H,5-7H2,1-4H3,(H,14,15). The Kier molecular flexibility index (Phi) is 5.30. The van der Waals surface area contributed by atoms with Crippen molar-refractivity contribution in [3.8, 4) is 0 Å². The minimum Gasteiger partial charge on any atom is -0.310 e. The number of sulfonamides is 1. The molecular formula is C11H22N4O2S. The second kappa shape index (κ2) is 6.31. The fourth-order valence-corrected chi connectivity index (χ4v) is 2.80. The lowest BCUT2D eigenvalue weighted by Gasteiger charge is -2.09. The van der Waals surface area contributed by atoms with Gasteiger partial charge in [-0.3, -0.25) is 5.10 Å². The minimum atomic E-state index is -3.51. The van der Waals surface area contributed by atoms with Gasteiger partial charge in [-0.2, -0.15) is 5.10 Å². The van der Waals surface area contributed by atoms with Crippen molar-refractivity contribution >= 4 is 10.0 Å². The third-order valence-electron chi connectivity index (χ3n) is 2.52. The highest BCUT2D eigenvalue weighted by atomic mass is 32.2. The Morgan fingerprint density at radius 2 is 2.06 bits per heavy atom. The Morgan fingerprint density at radius 3 is 2.61 bits per heavy atom. The van der Waals surface area contributed by atoms with Gasteiger partial charge in [-0.15, -0.1) is 0 Å². The smallest absolute Gasteiger partial charge is 0.260 e. The van der Waals surface area contributed by atoms with Crippen molar-refractivity contribution in [2.75, 3.05) is 6.54 Å². The summed E-state index contributed by atoms with van der Waals surface area (Å²) in [6.45, 7) is 8.67. The number of hydrogen-bond acceptors (Lipinski definition) is 4. The summed E-state index contributed by atoms with van der Waals surface area (Å²) < 4.78 is 26.6. The predicted molar refractivity (Wildman–Crippen MR) is 70.8 cm³/mol. The lowest BCUT2D eigenvalue weighted by molar-refractivity contribution is 0.563. The van der Waals surface area contributed by atoms with E-state index in [1.54, 1.807) is 0 Å². The van der Waals surface area contributed by atoms with E-state index in [0.29, 0.717) is 24.7 Å². The van der Waals surface area contributed by atoms with Gasteiger partial charge >= 0.3 is 0 Å². The van der Waals surface area contributed by atoms with Gasteiger partial charge in [0.05, 0.1) is 0 Å². The van der Waals surface area contributed by atoms with E-state index in [9.17, 15) is 8.42 Å². The first-order chi connectivity index (χ1) is 8.38. The van der Waals surface area contributed by atoms with Gasteiger partial charge in [0.25, 0.3) is 10.0 Å². The van der Waals surface area contributed by atoms with Crippen molar-refractivity contribution in [1.82, 2.24) is 20.2 Å². The van der Waals surface area contributed by atoms with E-state index in [0.717, 1.165) is 12.1 Å². The van der Waals surface area contributed by atoms with E-state index in [1.807, 2.05) is 27.7 Å². The summed E-state index contributed by atoms with van der Waals surface area (Å²) in [6.07, 6.45) is 0.752. The maximum atomic E-state index is 12.0. The zero-order chi connectivity index (χ0) is 13.8. The molecule has 0 spiro atoms. The molecule has 6 nitrogen and oxygen atoms in total. The molecule has 0 aliphatic carbocycles. The van der Waals surface area contributed by atoms with Crippen LogP contribution in [-0.2, 0) is 16.6 Å². The summed E-state index contributed by atoms with van der Waals surface area (Å²) in [5.41, 5.74) is 1.48. The number of H-pyrrole nitrogens is 1. The van der Waals surface area contributed by atoms with E-state index in [4.69, 9.17) is 0 Å². The molecule has 0 saturated heterocycles. The van der Waals surface area contributed by atoms with Gasteiger partial charge in [-0.25, -0.2) is 13.1 Å². The van der Waals surface area contributed by atoms with Crippen LogP contribution in [0.4, 0.5) is 0 Å². The fourth-order valence-electron chi connectivity index (χ4n) is 1.47. The Labute approximate surface area is 109 Å². The number of aromatic amines is 1. The van der Waals surface area contributed by atoms with Crippen LogP contribution < -0.4 is 10.0 Å². The molecule has 0 aromatic carbocycles. The monoisotopic (exact) mass is 274 g/mol. The third-order valence-corrected chi connectivity index (χ3v) is 3.95. The summed E-state index contributed by atoms with van der Waals surface area (Å²) >= 11 is 0. The highest BCUT2D eigenvalue weighted by Crippen LogP contribution is 2.16. The lowest BCUT2D eigenvalue weighted by atomic mass is 10.2. The number of aryl methyl sites for hydroxylation is 1. The Morgan fingerprint density at radius 1 is 1.39 bits per heavy atom. The molecule has 0 aliphatic heterocycles. The molecule has 104 valence electrons. The van der Waals surface area contributed by atoms with Crippen LogP contribution in [-0.4, -0.2) is 31.2 Å². The van der Waals surface area contributed by atoms with Gasteiger partial charge in [0.1, 0.15) is 0 Å². The molecule has 3 N–H and O–H groups in total. The van der Waals surface area contributed by atoms with Gasteiger partial charge in [0.2, 0.25) is 0 Å². The number of nitrogens with zero attached hydrogens (tertiary/aromatic N) is 1. The zero-order valence-corrected chi connectivity index (χ0v) is 12.2. The zero-order valence-electron chi connectivity index (χ0n) is 11.4. The SMILES string of the molecule is CCCNS(=O)(=O)c1n[nH]c(C)c1CNC(C)C. The Bertz CT molecular complexity index is 479. The molecule has 1 aromatic heterocycles. The fraction of sp³-hybridized carbons (Fsp3) is 0.727. The molecule has 0 atom stereocenters. The number of aromatic nitrogens is 2. The van der Waals surface area contributed by atoms with Crippen LogP contribution in [0.25, 0.3) is 0 Å². The summed E-state index contributed by atoms with van der Waals surface area (Å²) in [5, 5.41) is 9.94. The van der Waals surface area contributed by atoms with E-state index < -0.39 is 10.0 Å². The molecule has 0 unspecified atom stereocenters. The van der Waals surface area contributed by atoms with Gasteiger partial charge < -0.3 is 5.32 Å². The van der Waals surface area contributed by atoms with Crippen LogP contribution in [0.5, 0.6) is 0 Å². The second-order valence-electron chi connectivity index (χ2n) is 4.57. The van der Waals surface area contributed by atoms with Crippen LogP contribution in [0.2, 0.25) is 0 Å². The van der Waals surface area contributed by atoms with Crippen LogP contribution in [0.3, 0.4) is 0 Å². The maximum absolute atomic E-state index is 12.0. The molecule has 1 rings (SSSR count). The first-order valence-electron chi connectivity index (χ1n) is 6.15. The number of rotatable bonds is 7. The van der Waals surface area contributed by atoms with Crippen LogP contribution in [0, 0.1) is 6.92 Å². The number of hydrogen-bond donors (Lipinski definition) is 3. The first-order valence-corrected chi connectivity index (χ1v) is 7.63. The van der Waals surface area contributed by atoms with Crippen molar-refractivity contribution in [3.63, 3.8) is 0 Å². The third kappa shape index (κ3) is 3.79. The lowest BCUT2D eigenvalue weighted by Crippen LogP contribution is -2.28. The summed E-state index contributed by atoms with van der Waals surface area (Å²) in [6, 6.07) is 0.290. The van der Waals surface area contributed by atoms with Crippen LogP contribution in [0.1, 0.15) is 38.4 Å². The summed E-state index contributed by atoms with van der Waals surface area (Å²) in [5.74, 6) is 0. The van der Waals surface area contributed by atoms with E-state index >= 15 is 0 Å². The average molecular weight is 274 g/mol. The van der Waals surface area contributed by atoms with Crippen molar-refractivity contribution in [3.05, 3.63) is 11.3 Å². The normalized spacial score (nSPS) is 12.3. The topological polar surface area (TPSA) is 86.9 Å². The van der Waals surface area contributed by atoms with Gasteiger partial charge in [-0.1, -0.05) is 20.8 Å². The highest BCUT2D eigenvalue weighted by molar-refractivity contribution is 7.89. The molecule has 0 amide bonds. The molecule has 1 heterocycles. The minimum absolute atomic E-state index is 0.0987. The summed E-state index contributed by atoms with van der Waals surface area (Å²) in [4.78, 5) is 0. The molecule has 0 bridgehead atoms. The second-order valence-corrected chi connectivity index (χ2v) is 6.25. The predicted octanol–water partition coefficient (Wildman–Crippen LogP) is 0.904. The Hall–Kier alpha value is -0.920. The van der Waals surface area contributed by atoms with Gasteiger partial charge in [0, 0.05) is 30.4 Å². The van der Waals surface area contributed by atoms with Crippen molar-refractivity contribution in [2.24, 2.45) is 0 Å². The first kappa shape index (κ1) is 15.1. The number of nitrogens with one attached hydrogen (secondary N) is 3. The van der Waals surface area contributed by atoms with Crippen molar-refractivity contribution in [1.29, 1.82) is 0 Å². The average Bonchev–Trinajstić information content (AvgIpc) is 2.66. The Balaban J connectivity index is 2.95. The van der Waals surface area contributed by atoms with E-state index in [-0.39, 0.29) is 5.03 Å².